The fourth-order valence-electron chi connectivity index (χ4n) is 8.20. The second kappa shape index (κ2) is 16.3. The molecule has 0 spiro atoms. The van der Waals surface area contributed by atoms with E-state index in [1.165, 1.54) is 16.3 Å². The summed E-state index contributed by atoms with van der Waals surface area (Å²) in [6, 6.07) is 8.61. The Kier molecular flexibility index (Phi) is 11.6. The third-order valence-corrected chi connectivity index (χ3v) is 12.6. The van der Waals surface area contributed by atoms with Gasteiger partial charge >= 0.3 is 5.97 Å². The summed E-state index contributed by atoms with van der Waals surface area (Å²) in [7, 11) is 1.69. The number of benzene rings is 1. The highest BCUT2D eigenvalue weighted by atomic mass is 32.1. The average molecular weight is 787 g/mol. The van der Waals surface area contributed by atoms with Crippen molar-refractivity contribution in [3.63, 3.8) is 0 Å². The molecule has 6 bridgehead atoms. The quantitative estimate of drug-likeness (QED) is 0.160. The van der Waals surface area contributed by atoms with Crippen molar-refractivity contribution in [2.75, 3.05) is 26.9 Å². The lowest BCUT2D eigenvalue weighted by Crippen LogP contribution is -2.61. The van der Waals surface area contributed by atoms with Crippen molar-refractivity contribution in [2.24, 2.45) is 23.2 Å². The van der Waals surface area contributed by atoms with E-state index in [1.807, 2.05) is 25.3 Å². The van der Waals surface area contributed by atoms with Crippen LogP contribution in [-0.2, 0) is 41.7 Å². The predicted molar refractivity (Wildman–Crippen MR) is 213 cm³/mol. The molecule has 5 heterocycles. The van der Waals surface area contributed by atoms with Crippen molar-refractivity contribution in [2.45, 2.75) is 105 Å². The number of hydrogen-bond donors (Lipinski definition) is 2. The highest BCUT2D eigenvalue weighted by Gasteiger charge is 2.50. The fraction of sp³-hybridized carbons (Fsp3) is 0.571. The van der Waals surface area contributed by atoms with Gasteiger partial charge in [0.15, 0.2) is 11.0 Å². The highest BCUT2D eigenvalue weighted by molar-refractivity contribution is 7.10. The van der Waals surface area contributed by atoms with Crippen LogP contribution in [0.25, 0.3) is 33.7 Å². The number of cyclic esters (lactones) is 1. The number of rotatable bonds is 9. The molecule has 2 fully saturated rings. The number of carbonyl (C=O) groups excluding carboxylic acids is 3. The average Bonchev–Trinajstić information content (AvgIpc) is 3.49. The van der Waals surface area contributed by atoms with Gasteiger partial charge in [0, 0.05) is 48.7 Å². The van der Waals surface area contributed by atoms with Gasteiger partial charge in [-0.2, -0.15) is 0 Å². The molecule has 56 heavy (non-hydrogen) atoms. The molecule has 300 valence electrons. The lowest BCUT2D eigenvalue weighted by molar-refractivity contribution is -0.657. The van der Waals surface area contributed by atoms with Gasteiger partial charge in [0.2, 0.25) is 5.91 Å². The zero-order valence-electron chi connectivity index (χ0n) is 33.8. The summed E-state index contributed by atoms with van der Waals surface area (Å²) in [6.07, 6.45) is 2.50. The SMILES string of the molecule is CCCO[C@@H]1c2nc(cs2)-c2ccc3c(c2)n(c(-c2cccnc2[C@H](C)OC)[n+]3CC)CC(C)(C)COC(=O)[C@@H]2CCCN(N2)C(=O)[C@H]1NC(=O)C1[C@@H](C)[C@H]1C. The third kappa shape index (κ3) is 7.72. The highest BCUT2D eigenvalue weighted by Crippen LogP contribution is 2.46. The predicted octanol–water partition coefficient (Wildman–Crippen LogP) is 5.77. The van der Waals surface area contributed by atoms with Gasteiger partial charge in [0.25, 0.3) is 11.7 Å². The monoisotopic (exact) mass is 786 g/mol. The first-order chi connectivity index (χ1) is 26.9. The first-order valence-corrected chi connectivity index (χ1v) is 20.9. The summed E-state index contributed by atoms with van der Waals surface area (Å²) in [6.45, 7) is 16.5. The number of pyridine rings is 1. The number of fused-ring (bicyclic) bond motifs is 6. The van der Waals surface area contributed by atoms with Gasteiger partial charge < -0.3 is 19.5 Å². The molecule has 2 N–H and O–H groups in total. The molecule has 14 heteroatoms. The zero-order chi connectivity index (χ0) is 39.9. The molecule has 1 aliphatic carbocycles. The van der Waals surface area contributed by atoms with E-state index in [0.717, 1.165) is 39.4 Å². The fourth-order valence-corrected chi connectivity index (χ4v) is 9.11. The molecular formula is C42H56N7O6S+. The summed E-state index contributed by atoms with van der Waals surface area (Å²) in [4.78, 5) is 52.0. The Balaban J connectivity index is 1.40. The number of imidazole rings is 1. The Morgan fingerprint density at radius 1 is 1.20 bits per heavy atom. The maximum absolute atomic E-state index is 14.6. The maximum Gasteiger partial charge on any atom is 0.324 e. The number of hydrazine groups is 1. The van der Waals surface area contributed by atoms with Gasteiger partial charge in [-0.05, 0) is 75.3 Å². The van der Waals surface area contributed by atoms with Crippen molar-refractivity contribution in [3.8, 4) is 22.6 Å². The van der Waals surface area contributed by atoms with Crippen molar-refractivity contribution in [3.05, 3.63) is 52.6 Å². The second-order valence-electron chi connectivity index (χ2n) is 16.4. The number of aryl methyl sites for hydroxylation is 1. The Morgan fingerprint density at radius 2 is 1.98 bits per heavy atom. The molecule has 7 rings (SSSR count). The molecule has 0 radical (unpaired) electrons. The molecule has 1 unspecified atom stereocenters. The van der Waals surface area contributed by atoms with Crippen LogP contribution in [-0.4, -0.2) is 76.3 Å². The number of aromatic nitrogens is 4. The van der Waals surface area contributed by atoms with Crippen LogP contribution in [0.15, 0.2) is 41.9 Å². The Hall–Kier alpha value is -4.24. The van der Waals surface area contributed by atoms with Crippen LogP contribution < -0.4 is 15.3 Å². The minimum absolute atomic E-state index is 0.149. The standard InChI is InChI=1S/C42H55N7O6S/c1-9-19-54-36-35(45-37(50)33-24(3)25(33)4)40(51)49-18-12-14-29(46-49)41(52)55-23-42(6,7)22-48-32-20-27(30-21-56-38(36)44-30)15-16-31(32)47(10-2)39(48)28-13-11-17-43-34(28)26(5)53-8/h11,13,15-17,20-21,24-26,29,33,35-36,46H,9-10,12,14,18-19,22-23H2,1-8H3/p+1/t24-,25+,26-,29-,33?,35-,36-/m0/s1. The number of carbonyl (C=O) groups is 3. The number of hydrogen-bond acceptors (Lipinski definition) is 10. The van der Waals surface area contributed by atoms with E-state index in [-0.39, 0.29) is 42.3 Å². The normalized spacial score (nSPS) is 25.8. The minimum atomic E-state index is -1.07. The number of nitrogens with zero attached hydrogens (tertiary/aromatic N) is 5. The molecule has 7 atom stereocenters. The molecule has 1 saturated heterocycles. The molecule has 1 aromatic carbocycles. The zero-order valence-corrected chi connectivity index (χ0v) is 34.7. The van der Waals surface area contributed by atoms with Gasteiger partial charge in [0.1, 0.15) is 29.8 Å². The van der Waals surface area contributed by atoms with E-state index in [1.54, 1.807) is 13.3 Å². The summed E-state index contributed by atoms with van der Waals surface area (Å²) < 4.78 is 23.0. The van der Waals surface area contributed by atoms with Crippen LogP contribution in [0.2, 0.25) is 0 Å². The first-order valence-electron chi connectivity index (χ1n) is 20.0. The van der Waals surface area contributed by atoms with E-state index in [0.29, 0.717) is 50.5 Å². The molecule has 3 aromatic heterocycles. The maximum atomic E-state index is 14.6. The summed E-state index contributed by atoms with van der Waals surface area (Å²) >= 11 is 1.41. The van der Waals surface area contributed by atoms with Crippen molar-refractivity contribution >= 4 is 40.2 Å². The number of ether oxygens (including phenoxy) is 3. The Morgan fingerprint density at radius 3 is 2.70 bits per heavy atom. The van der Waals surface area contributed by atoms with Crippen LogP contribution >= 0.6 is 11.3 Å². The van der Waals surface area contributed by atoms with E-state index < -0.39 is 29.6 Å². The van der Waals surface area contributed by atoms with E-state index in [4.69, 9.17) is 24.2 Å². The number of esters is 1. The minimum Gasteiger partial charge on any atom is -0.464 e. The molecule has 4 aromatic rings. The van der Waals surface area contributed by atoms with Crippen LogP contribution in [0.5, 0.6) is 0 Å². The number of amides is 2. The smallest absolute Gasteiger partial charge is 0.324 e. The first kappa shape index (κ1) is 40.0. The van der Waals surface area contributed by atoms with Crippen molar-refractivity contribution < 1.29 is 33.2 Å². The van der Waals surface area contributed by atoms with Crippen LogP contribution in [0.1, 0.15) is 90.6 Å². The summed E-state index contributed by atoms with van der Waals surface area (Å²) in [5, 5.41) is 7.15. The largest absolute Gasteiger partial charge is 0.464 e. The van der Waals surface area contributed by atoms with Gasteiger partial charge in [-0.3, -0.25) is 24.4 Å². The summed E-state index contributed by atoms with van der Waals surface area (Å²) in [5.41, 5.74) is 8.13. The number of thiazole rings is 1. The van der Waals surface area contributed by atoms with Crippen LogP contribution in [0, 0.1) is 23.2 Å². The summed E-state index contributed by atoms with van der Waals surface area (Å²) in [5.74, 6) is 0.262. The lowest BCUT2D eigenvalue weighted by Gasteiger charge is -2.37. The molecule has 2 aliphatic heterocycles. The molecule has 1 saturated carbocycles. The Labute approximate surface area is 333 Å². The Bertz CT molecular complexity index is 2090. The molecular weight excluding hydrogens is 731 g/mol. The lowest BCUT2D eigenvalue weighted by atomic mass is 9.94. The molecule has 2 amide bonds. The van der Waals surface area contributed by atoms with Gasteiger partial charge in [-0.15, -0.1) is 11.3 Å². The number of methoxy groups -OCH3 is 1. The molecule has 13 nitrogen and oxygen atoms in total. The second-order valence-corrected chi connectivity index (χ2v) is 17.2. The topological polar surface area (TPSA) is 141 Å². The van der Waals surface area contributed by atoms with Crippen LogP contribution in [0.4, 0.5) is 0 Å². The number of nitrogens with one attached hydrogen (secondary N) is 2. The van der Waals surface area contributed by atoms with E-state index >= 15 is 0 Å². The van der Waals surface area contributed by atoms with Crippen molar-refractivity contribution in [1.82, 2.24) is 30.3 Å². The van der Waals surface area contributed by atoms with Crippen molar-refractivity contribution in [1.29, 1.82) is 0 Å². The molecule has 3 aliphatic rings. The van der Waals surface area contributed by atoms with E-state index in [9.17, 15) is 14.4 Å². The third-order valence-electron chi connectivity index (χ3n) is 11.7. The van der Waals surface area contributed by atoms with E-state index in [2.05, 4.69) is 78.8 Å². The van der Waals surface area contributed by atoms with Gasteiger partial charge in [-0.1, -0.05) is 34.6 Å². The van der Waals surface area contributed by atoms with Gasteiger partial charge in [0.05, 0.1) is 36.1 Å². The van der Waals surface area contributed by atoms with Gasteiger partial charge in [-0.25, -0.2) is 19.5 Å². The van der Waals surface area contributed by atoms with Crippen LogP contribution in [0.3, 0.4) is 0 Å².